The fourth-order valence-electron chi connectivity index (χ4n) is 3.45. The Morgan fingerprint density at radius 1 is 1.06 bits per heavy atom. The van der Waals surface area contributed by atoms with Gasteiger partial charge >= 0.3 is 0 Å². The van der Waals surface area contributed by atoms with Gasteiger partial charge in [0, 0.05) is 32.3 Å². The van der Waals surface area contributed by atoms with Gasteiger partial charge in [-0.15, -0.1) is 0 Å². The monoisotopic (exact) mass is 254 g/mol. The third kappa shape index (κ3) is 4.52. The van der Waals surface area contributed by atoms with Gasteiger partial charge in [0.25, 0.3) is 0 Å². The lowest BCUT2D eigenvalue weighted by Gasteiger charge is -2.31. The molecule has 0 aromatic rings. The Bertz CT molecular complexity index is 215. The van der Waals surface area contributed by atoms with Crippen LogP contribution in [0.5, 0.6) is 0 Å². The second-order valence-corrected chi connectivity index (χ2v) is 5.83. The molecule has 0 radical (unpaired) electrons. The largest absolute Gasteiger partial charge is 0.380 e. The molecule has 3 nitrogen and oxygen atoms in total. The highest BCUT2D eigenvalue weighted by Gasteiger charge is 2.25. The maximum absolute atomic E-state index is 5.56. The molecule has 0 spiro atoms. The summed E-state index contributed by atoms with van der Waals surface area (Å²) in [6.45, 7) is 8.88. The summed E-state index contributed by atoms with van der Waals surface area (Å²) in [5.41, 5.74) is 0. The minimum Gasteiger partial charge on any atom is -0.380 e. The van der Waals surface area contributed by atoms with Crippen molar-refractivity contribution in [3.63, 3.8) is 0 Å². The third-order valence-corrected chi connectivity index (χ3v) is 4.43. The molecule has 0 aromatic carbocycles. The quantitative estimate of drug-likeness (QED) is 0.779. The first kappa shape index (κ1) is 14.3. The molecule has 1 aliphatic heterocycles. The van der Waals surface area contributed by atoms with Gasteiger partial charge in [0.2, 0.25) is 0 Å². The summed E-state index contributed by atoms with van der Waals surface area (Å²) in [6.07, 6.45) is 8.27. The van der Waals surface area contributed by atoms with Gasteiger partial charge in [-0.1, -0.05) is 26.2 Å². The predicted octanol–water partition coefficient (Wildman–Crippen LogP) is 2.27. The first-order valence-electron chi connectivity index (χ1n) is 7.93. The molecule has 1 heterocycles. The summed E-state index contributed by atoms with van der Waals surface area (Å²) in [5, 5.41) is 3.72. The molecule has 1 aliphatic carbocycles. The van der Waals surface area contributed by atoms with Crippen LogP contribution in [0.2, 0.25) is 0 Å². The van der Waals surface area contributed by atoms with Crippen molar-refractivity contribution in [3.05, 3.63) is 0 Å². The van der Waals surface area contributed by atoms with Crippen LogP contribution in [0.25, 0.3) is 0 Å². The van der Waals surface area contributed by atoms with Crippen molar-refractivity contribution in [1.82, 2.24) is 10.2 Å². The van der Waals surface area contributed by atoms with Gasteiger partial charge in [-0.25, -0.2) is 0 Å². The first-order chi connectivity index (χ1) is 8.90. The molecule has 2 aliphatic rings. The highest BCUT2D eigenvalue weighted by molar-refractivity contribution is 4.82. The summed E-state index contributed by atoms with van der Waals surface area (Å²) in [7, 11) is 0. The summed E-state index contributed by atoms with van der Waals surface area (Å²) in [6, 6.07) is 0.752. The van der Waals surface area contributed by atoms with Gasteiger partial charge in [0.1, 0.15) is 0 Å². The Morgan fingerprint density at radius 2 is 1.94 bits per heavy atom. The number of nitrogens with zero attached hydrogens (tertiary/aromatic N) is 1. The minimum atomic E-state index is 0.752. The SMILES string of the molecule is CCNC1CCCCCC1CN1CCCOCC1. The number of rotatable bonds is 4. The highest BCUT2D eigenvalue weighted by atomic mass is 16.5. The minimum absolute atomic E-state index is 0.752. The van der Waals surface area contributed by atoms with Crippen molar-refractivity contribution in [2.24, 2.45) is 5.92 Å². The van der Waals surface area contributed by atoms with Crippen LogP contribution in [-0.4, -0.2) is 50.3 Å². The van der Waals surface area contributed by atoms with Crippen LogP contribution >= 0.6 is 0 Å². The second-order valence-electron chi connectivity index (χ2n) is 5.83. The normalized spacial score (nSPS) is 31.8. The van der Waals surface area contributed by atoms with Crippen LogP contribution < -0.4 is 5.32 Å². The molecular weight excluding hydrogens is 224 g/mol. The average Bonchev–Trinajstić information content (AvgIpc) is 2.74. The molecule has 0 aromatic heterocycles. The third-order valence-electron chi connectivity index (χ3n) is 4.43. The van der Waals surface area contributed by atoms with Crippen LogP contribution in [0.4, 0.5) is 0 Å². The highest BCUT2D eigenvalue weighted by Crippen LogP contribution is 2.24. The molecule has 2 unspecified atom stereocenters. The molecular formula is C15H30N2O. The van der Waals surface area contributed by atoms with Gasteiger partial charge in [0.05, 0.1) is 6.61 Å². The summed E-state index contributed by atoms with van der Waals surface area (Å²) >= 11 is 0. The zero-order valence-electron chi connectivity index (χ0n) is 12.0. The Labute approximate surface area is 112 Å². The molecule has 3 heteroatoms. The van der Waals surface area contributed by atoms with E-state index < -0.39 is 0 Å². The molecule has 2 fully saturated rings. The Kier molecular flexibility index (Phi) is 6.46. The molecule has 106 valence electrons. The Balaban J connectivity index is 1.85. The van der Waals surface area contributed by atoms with E-state index in [1.54, 1.807) is 0 Å². The van der Waals surface area contributed by atoms with Crippen LogP contribution in [-0.2, 0) is 4.74 Å². The Morgan fingerprint density at radius 3 is 2.83 bits per heavy atom. The van der Waals surface area contributed by atoms with E-state index in [9.17, 15) is 0 Å². The van der Waals surface area contributed by atoms with E-state index in [-0.39, 0.29) is 0 Å². The van der Waals surface area contributed by atoms with E-state index in [1.165, 1.54) is 51.6 Å². The molecule has 18 heavy (non-hydrogen) atoms. The van der Waals surface area contributed by atoms with Gasteiger partial charge in [-0.3, -0.25) is 0 Å². The molecule has 1 saturated heterocycles. The van der Waals surface area contributed by atoms with Crippen molar-refractivity contribution >= 4 is 0 Å². The molecule has 1 saturated carbocycles. The summed E-state index contributed by atoms with van der Waals surface area (Å²) < 4.78 is 5.56. The molecule has 0 bridgehead atoms. The molecule has 0 amide bonds. The smallest absolute Gasteiger partial charge is 0.0593 e. The van der Waals surface area contributed by atoms with E-state index in [0.29, 0.717) is 0 Å². The molecule has 2 rings (SSSR count). The number of ether oxygens (including phenoxy) is 1. The number of hydrogen-bond acceptors (Lipinski definition) is 3. The summed E-state index contributed by atoms with van der Waals surface area (Å²) in [5.74, 6) is 0.852. The van der Waals surface area contributed by atoms with Crippen LogP contribution in [0.1, 0.15) is 45.4 Å². The van der Waals surface area contributed by atoms with Crippen molar-refractivity contribution in [2.75, 3.05) is 39.4 Å². The Hall–Kier alpha value is -0.120. The predicted molar refractivity (Wildman–Crippen MR) is 75.9 cm³/mol. The van der Waals surface area contributed by atoms with Crippen LogP contribution in [0.3, 0.4) is 0 Å². The van der Waals surface area contributed by atoms with Crippen LogP contribution in [0.15, 0.2) is 0 Å². The number of hydrogen-bond donors (Lipinski definition) is 1. The van der Waals surface area contributed by atoms with Crippen molar-refractivity contribution in [2.45, 2.75) is 51.5 Å². The lowest BCUT2D eigenvalue weighted by molar-refractivity contribution is 0.134. The fourth-order valence-corrected chi connectivity index (χ4v) is 3.45. The van der Waals surface area contributed by atoms with E-state index in [1.807, 2.05) is 0 Å². The van der Waals surface area contributed by atoms with Crippen LogP contribution in [0, 0.1) is 5.92 Å². The zero-order valence-corrected chi connectivity index (χ0v) is 12.0. The van der Waals surface area contributed by atoms with Crippen molar-refractivity contribution in [1.29, 1.82) is 0 Å². The average molecular weight is 254 g/mol. The lowest BCUT2D eigenvalue weighted by atomic mass is 9.94. The van der Waals surface area contributed by atoms with Crippen molar-refractivity contribution < 1.29 is 4.74 Å². The standard InChI is InChI=1S/C15H30N2O/c1-2-16-15-8-5-3-4-7-14(15)13-17-9-6-11-18-12-10-17/h14-16H,2-13H2,1H3. The maximum Gasteiger partial charge on any atom is 0.0593 e. The summed E-state index contributed by atoms with van der Waals surface area (Å²) in [4.78, 5) is 2.63. The van der Waals surface area contributed by atoms with Gasteiger partial charge < -0.3 is 15.0 Å². The van der Waals surface area contributed by atoms with E-state index >= 15 is 0 Å². The maximum atomic E-state index is 5.56. The van der Waals surface area contributed by atoms with Gasteiger partial charge in [-0.2, -0.15) is 0 Å². The fraction of sp³-hybridized carbons (Fsp3) is 1.00. The van der Waals surface area contributed by atoms with E-state index in [0.717, 1.165) is 38.3 Å². The first-order valence-corrected chi connectivity index (χ1v) is 7.93. The van der Waals surface area contributed by atoms with E-state index in [2.05, 4.69) is 17.1 Å². The van der Waals surface area contributed by atoms with Gasteiger partial charge in [0.15, 0.2) is 0 Å². The van der Waals surface area contributed by atoms with Gasteiger partial charge in [-0.05, 0) is 31.7 Å². The zero-order chi connectivity index (χ0) is 12.6. The number of nitrogens with one attached hydrogen (secondary N) is 1. The second kappa shape index (κ2) is 8.13. The lowest BCUT2D eigenvalue weighted by Crippen LogP contribution is -2.42. The topological polar surface area (TPSA) is 24.5 Å². The molecule has 1 N–H and O–H groups in total. The molecule has 2 atom stereocenters. The van der Waals surface area contributed by atoms with Crippen molar-refractivity contribution in [3.8, 4) is 0 Å². The van der Waals surface area contributed by atoms with E-state index in [4.69, 9.17) is 4.74 Å².